The number of anilines is 1. The third kappa shape index (κ3) is 11.3. The van der Waals surface area contributed by atoms with Gasteiger partial charge in [-0.15, -0.1) is 0 Å². The number of ketones is 1. The Bertz CT molecular complexity index is 2010. The van der Waals surface area contributed by atoms with Crippen molar-refractivity contribution in [1.29, 1.82) is 0 Å². The van der Waals surface area contributed by atoms with E-state index in [-0.39, 0.29) is 61.2 Å². The van der Waals surface area contributed by atoms with E-state index >= 15 is 4.39 Å². The second-order valence-corrected chi connectivity index (χ2v) is 14.3. The number of amides is 3. The van der Waals surface area contributed by atoms with Crippen LogP contribution in [0.15, 0.2) is 59.3 Å². The predicted molar refractivity (Wildman–Crippen MR) is 209 cm³/mol. The highest BCUT2D eigenvalue weighted by Crippen LogP contribution is 2.27. The number of aromatic carboxylic acids is 1. The van der Waals surface area contributed by atoms with Crippen molar-refractivity contribution in [2.24, 2.45) is 17.4 Å². The molecule has 0 radical (unpaired) electrons. The first kappa shape index (κ1) is 42.8. The first-order valence-corrected chi connectivity index (χ1v) is 18.7. The van der Waals surface area contributed by atoms with E-state index in [0.717, 1.165) is 11.6 Å². The minimum Gasteiger partial charge on any atom is -0.477 e. The number of fused-ring (bicyclic) bond motifs is 1. The van der Waals surface area contributed by atoms with Crippen LogP contribution in [-0.2, 0) is 38.7 Å². The van der Waals surface area contributed by atoms with Crippen molar-refractivity contribution in [1.82, 2.24) is 20.1 Å². The van der Waals surface area contributed by atoms with Crippen LogP contribution in [0.4, 0.5) is 14.9 Å². The number of aromatic nitrogens is 1. The number of benzene rings is 2. The molecule has 2 aromatic carbocycles. The Morgan fingerprint density at radius 1 is 1.00 bits per heavy atom. The third-order valence-electron chi connectivity index (χ3n) is 9.75. The second kappa shape index (κ2) is 19.6. The molecule has 0 spiro atoms. The Labute approximate surface area is 324 Å². The maximum atomic E-state index is 15.3. The van der Waals surface area contributed by atoms with Gasteiger partial charge < -0.3 is 46.3 Å². The molecule has 4 rings (SSSR count). The van der Waals surface area contributed by atoms with Crippen LogP contribution in [0.5, 0.6) is 0 Å². The quantitative estimate of drug-likeness (QED) is 0.118. The van der Waals surface area contributed by atoms with Gasteiger partial charge in [-0.25, -0.2) is 14.0 Å². The lowest BCUT2D eigenvalue weighted by Gasteiger charge is -2.35. The fourth-order valence-electron chi connectivity index (χ4n) is 6.63. The van der Waals surface area contributed by atoms with E-state index in [9.17, 15) is 33.9 Å². The average Bonchev–Trinajstić information content (AvgIpc) is 3.15. The molecule has 0 saturated carbocycles. The van der Waals surface area contributed by atoms with E-state index in [1.54, 1.807) is 52.9 Å². The molecule has 0 aliphatic carbocycles. The number of carbonyl (C=O) groups excluding carboxylic acids is 4. The van der Waals surface area contributed by atoms with Gasteiger partial charge in [0, 0.05) is 76.0 Å². The van der Waals surface area contributed by atoms with Gasteiger partial charge in [-0.2, -0.15) is 0 Å². The number of unbranched alkanes of at least 4 members (excludes halogenated alkanes) is 1. The summed E-state index contributed by atoms with van der Waals surface area (Å²) >= 11 is 0. The van der Waals surface area contributed by atoms with Crippen LogP contribution in [0.2, 0.25) is 0 Å². The fraction of sp³-hybridized carbons (Fsp3) is 0.450. The number of rotatable bonds is 18. The fourth-order valence-corrected chi connectivity index (χ4v) is 6.63. The number of piperazine rings is 1. The molecule has 1 aromatic heterocycles. The molecular weight excluding hydrogens is 725 g/mol. The first-order chi connectivity index (χ1) is 26.6. The number of carbonyl (C=O) groups is 5. The van der Waals surface area contributed by atoms with E-state index in [1.807, 2.05) is 13.8 Å². The number of halogens is 1. The number of hydrogen-bond acceptors (Lipinski definition) is 10. The summed E-state index contributed by atoms with van der Waals surface area (Å²) in [6.07, 6.45) is 4.18. The summed E-state index contributed by atoms with van der Waals surface area (Å²) in [6, 6.07) is 8.73. The van der Waals surface area contributed by atoms with Crippen LogP contribution in [0, 0.1) is 11.7 Å². The SMILES string of the molecule is CCn1cc(C(=O)O)c(=O)c2cc(F)c(N3CCN(C(=O)OCc4ccc(CC(=O)[C@H](CCCCC(N)=O)N/C=C(\N)[C@@H](NC(C)=O)C(C)C)cc4)CC3)cc21. The lowest BCUT2D eigenvalue weighted by Crippen LogP contribution is -2.49. The van der Waals surface area contributed by atoms with Crippen LogP contribution < -0.4 is 32.4 Å². The monoisotopic (exact) mass is 777 g/mol. The van der Waals surface area contributed by atoms with Crippen molar-refractivity contribution in [2.75, 3.05) is 31.1 Å². The molecule has 0 unspecified atom stereocenters. The Morgan fingerprint density at radius 2 is 1.66 bits per heavy atom. The van der Waals surface area contributed by atoms with Gasteiger partial charge in [-0.1, -0.05) is 44.5 Å². The summed E-state index contributed by atoms with van der Waals surface area (Å²) in [5, 5.41) is 15.4. The van der Waals surface area contributed by atoms with Crippen molar-refractivity contribution in [2.45, 2.75) is 85.0 Å². The number of nitrogens with one attached hydrogen (secondary N) is 2. The molecular formula is C40H52FN7O8. The molecule has 3 aromatic rings. The summed E-state index contributed by atoms with van der Waals surface area (Å²) < 4.78 is 22.5. The third-order valence-corrected chi connectivity index (χ3v) is 9.75. The molecule has 16 heteroatoms. The van der Waals surface area contributed by atoms with E-state index in [1.165, 1.54) is 18.0 Å². The molecule has 1 saturated heterocycles. The molecule has 302 valence electrons. The van der Waals surface area contributed by atoms with Gasteiger partial charge in [0.05, 0.1) is 23.3 Å². The van der Waals surface area contributed by atoms with E-state index in [4.69, 9.17) is 16.2 Å². The summed E-state index contributed by atoms with van der Waals surface area (Å²) in [4.78, 5) is 76.9. The average molecular weight is 778 g/mol. The molecule has 2 atom stereocenters. The highest BCUT2D eigenvalue weighted by atomic mass is 19.1. The number of carboxylic acids is 1. The van der Waals surface area contributed by atoms with Crippen LogP contribution in [-0.4, -0.2) is 82.5 Å². The smallest absolute Gasteiger partial charge is 0.410 e. The van der Waals surface area contributed by atoms with Gasteiger partial charge in [0.1, 0.15) is 18.0 Å². The van der Waals surface area contributed by atoms with Gasteiger partial charge in [0.25, 0.3) is 0 Å². The minimum atomic E-state index is -1.38. The van der Waals surface area contributed by atoms with Crippen LogP contribution in [0.25, 0.3) is 10.9 Å². The van der Waals surface area contributed by atoms with E-state index < -0.39 is 46.9 Å². The summed E-state index contributed by atoms with van der Waals surface area (Å²) in [6.45, 7) is 8.57. The molecule has 1 aliphatic rings. The molecule has 2 heterocycles. The summed E-state index contributed by atoms with van der Waals surface area (Å²) in [5.74, 6) is -2.75. The van der Waals surface area contributed by atoms with Crippen molar-refractivity contribution in [3.8, 4) is 0 Å². The van der Waals surface area contributed by atoms with Crippen LogP contribution in [0.3, 0.4) is 0 Å². The van der Waals surface area contributed by atoms with Gasteiger partial charge >= 0.3 is 12.1 Å². The number of carboxylic acid groups (broad SMARTS) is 1. The number of primary amides is 1. The molecule has 15 nitrogen and oxygen atoms in total. The molecule has 56 heavy (non-hydrogen) atoms. The zero-order valence-corrected chi connectivity index (χ0v) is 32.3. The van der Waals surface area contributed by atoms with E-state index in [2.05, 4.69) is 10.6 Å². The maximum absolute atomic E-state index is 15.3. The van der Waals surface area contributed by atoms with Gasteiger partial charge in [0.15, 0.2) is 5.78 Å². The van der Waals surface area contributed by atoms with Gasteiger partial charge in [-0.05, 0) is 48.9 Å². The molecule has 3 amide bonds. The molecule has 0 bridgehead atoms. The number of nitrogens with two attached hydrogens (primary N) is 2. The maximum Gasteiger partial charge on any atom is 0.410 e. The number of aryl methyl sites for hydroxylation is 1. The van der Waals surface area contributed by atoms with Gasteiger partial charge in [-0.3, -0.25) is 19.2 Å². The zero-order valence-electron chi connectivity index (χ0n) is 32.3. The number of hydrogen-bond donors (Lipinski definition) is 5. The molecule has 1 aliphatic heterocycles. The van der Waals surface area contributed by atoms with Crippen LogP contribution in [0.1, 0.15) is 74.9 Å². The topological polar surface area (TPSA) is 219 Å². The summed E-state index contributed by atoms with van der Waals surface area (Å²) in [5.41, 5.74) is 12.9. The van der Waals surface area contributed by atoms with Crippen molar-refractivity contribution >= 4 is 46.3 Å². The van der Waals surface area contributed by atoms with Crippen molar-refractivity contribution < 1.29 is 38.2 Å². The second-order valence-electron chi connectivity index (χ2n) is 14.3. The largest absolute Gasteiger partial charge is 0.477 e. The standard InChI is InChI=1S/C40H52FN7O8/c1-5-46-22-29(39(53)54)38(52)28-19-30(41)34(20-33(28)46)47-14-16-48(17-15-47)40(55)56-23-27-12-10-26(11-13-27)18-35(50)32(8-6-7-9-36(43)51)44-21-31(42)37(24(2)3)45-25(4)49/h10-13,19-22,24,32,37,44H,5-9,14-18,23,42H2,1-4H3,(H2,43,51)(H,45,49)(H,53,54)/b31-21-/t32-,37-/m0/s1. The van der Waals surface area contributed by atoms with Crippen molar-refractivity contribution in [3.05, 3.63) is 87.2 Å². The van der Waals surface area contributed by atoms with Gasteiger partial charge in [0.2, 0.25) is 17.2 Å². The number of ether oxygens (including phenoxy) is 1. The Morgan fingerprint density at radius 3 is 2.25 bits per heavy atom. The predicted octanol–water partition coefficient (Wildman–Crippen LogP) is 3.39. The highest BCUT2D eigenvalue weighted by molar-refractivity contribution is 5.93. The normalized spacial score (nSPS) is 14.4. The Hall–Kier alpha value is -5.93. The highest BCUT2D eigenvalue weighted by Gasteiger charge is 2.26. The lowest BCUT2D eigenvalue weighted by atomic mass is 9.98. The molecule has 7 N–H and O–H groups in total. The zero-order chi connectivity index (χ0) is 41.1. The van der Waals surface area contributed by atoms with E-state index in [0.29, 0.717) is 55.7 Å². The van der Waals surface area contributed by atoms with Crippen molar-refractivity contribution in [3.63, 3.8) is 0 Å². The number of Topliss-reactive ketones (excluding diaryl/α,β-unsaturated/α-hetero) is 1. The summed E-state index contributed by atoms with van der Waals surface area (Å²) in [7, 11) is 0. The number of pyridine rings is 1. The lowest BCUT2D eigenvalue weighted by molar-refractivity contribution is -0.121. The number of nitrogens with zero attached hydrogens (tertiary/aromatic N) is 3. The van der Waals surface area contributed by atoms with Crippen LogP contribution >= 0.6 is 0 Å². The first-order valence-electron chi connectivity index (χ1n) is 18.7. The Balaban J connectivity index is 1.33. The Kier molecular flexibility index (Phi) is 15.0. The minimum absolute atomic E-state index is 0.00111. The molecule has 1 fully saturated rings.